The molecule has 0 radical (unpaired) electrons. The van der Waals surface area contributed by atoms with Crippen LogP contribution in [0.5, 0.6) is 0 Å². The lowest BCUT2D eigenvalue weighted by Crippen LogP contribution is -2.47. The summed E-state index contributed by atoms with van der Waals surface area (Å²) in [6.07, 6.45) is 2.91. The van der Waals surface area contributed by atoms with E-state index >= 15 is 0 Å². The number of carbonyl (C=O) groups excluding carboxylic acids is 2. The number of unbranched alkanes of at least 4 members (excludes halogenated alkanes) is 1. The van der Waals surface area contributed by atoms with Crippen molar-refractivity contribution in [3.8, 4) is 0 Å². The number of rotatable bonds is 12. The second kappa shape index (κ2) is 13.4. The van der Waals surface area contributed by atoms with Gasteiger partial charge in [0.1, 0.15) is 11.9 Å². The van der Waals surface area contributed by atoms with Crippen LogP contribution >= 0.6 is 23.4 Å². The molecule has 2 aromatic rings. The predicted octanol–water partition coefficient (Wildman–Crippen LogP) is 5.69. The number of halogens is 2. The van der Waals surface area contributed by atoms with E-state index in [1.165, 1.54) is 12.1 Å². The molecule has 0 saturated heterocycles. The predicted molar refractivity (Wildman–Crippen MR) is 126 cm³/mol. The van der Waals surface area contributed by atoms with Crippen molar-refractivity contribution in [1.29, 1.82) is 0 Å². The number of carbonyl (C=O) groups is 2. The van der Waals surface area contributed by atoms with Crippen molar-refractivity contribution < 1.29 is 14.0 Å². The van der Waals surface area contributed by atoms with Crippen LogP contribution in [0.2, 0.25) is 5.02 Å². The molecule has 0 aliphatic rings. The Labute approximate surface area is 193 Å². The maximum Gasteiger partial charge on any atom is 0.242 e. The summed E-state index contributed by atoms with van der Waals surface area (Å²) in [6, 6.07) is 13.0. The van der Waals surface area contributed by atoms with Crippen LogP contribution in [-0.4, -0.2) is 35.1 Å². The first-order valence-electron chi connectivity index (χ1n) is 10.6. The lowest BCUT2D eigenvalue weighted by atomic mass is 10.1. The number of amides is 2. The van der Waals surface area contributed by atoms with Crippen molar-refractivity contribution in [3.63, 3.8) is 0 Å². The Kier molecular flexibility index (Phi) is 10.9. The molecule has 0 saturated carbocycles. The molecule has 0 aliphatic heterocycles. The van der Waals surface area contributed by atoms with Gasteiger partial charge in [-0.2, -0.15) is 0 Å². The van der Waals surface area contributed by atoms with Crippen molar-refractivity contribution >= 4 is 35.2 Å². The van der Waals surface area contributed by atoms with Crippen LogP contribution in [0.4, 0.5) is 4.39 Å². The van der Waals surface area contributed by atoms with E-state index in [4.69, 9.17) is 11.6 Å². The number of benzene rings is 2. The highest BCUT2D eigenvalue weighted by molar-refractivity contribution is 7.99. The first-order valence-corrected chi connectivity index (χ1v) is 12.0. The summed E-state index contributed by atoms with van der Waals surface area (Å²) in [5.74, 6) is 0.208. The number of hydrogen-bond acceptors (Lipinski definition) is 3. The molecule has 1 atom stereocenters. The van der Waals surface area contributed by atoms with Gasteiger partial charge in [0.15, 0.2) is 0 Å². The van der Waals surface area contributed by atoms with E-state index in [0.29, 0.717) is 24.4 Å². The molecule has 0 aromatic heterocycles. The molecule has 2 aromatic carbocycles. The maximum atomic E-state index is 13.3. The highest BCUT2D eigenvalue weighted by Gasteiger charge is 2.25. The molecule has 0 fully saturated rings. The summed E-state index contributed by atoms with van der Waals surface area (Å²) in [7, 11) is 0. The molecule has 0 heterocycles. The number of hydrogen-bond donors (Lipinski definition) is 1. The molecule has 0 spiro atoms. The lowest BCUT2D eigenvalue weighted by molar-refractivity contribution is -0.140. The SMILES string of the molecule is CCCCNC(=O)[C@@H](C)N(Cc1ccc(F)cc1)C(=O)CCCSc1ccc(Cl)cc1. The molecule has 0 bridgehead atoms. The van der Waals surface area contributed by atoms with Gasteiger partial charge in [-0.1, -0.05) is 37.1 Å². The van der Waals surface area contributed by atoms with Gasteiger partial charge >= 0.3 is 0 Å². The summed E-state index contributed by atoms with van der Waals surface area (Å²) >= 11 is 7.57. The van der Waals surface area contributed by atoms with Crippen molar-refractivity contribution in [3.05, 3.63) is 64.9 Å². The molecule has 1 N–H and O–H groups in total. The molecule has 168 valence electrons. The van der Waals surface area contributed by atoms with E-state index in [1.54, 1.807) is 35.7 Å². The van der Waals surface area contributed by atoms with E-state index < -0.39 is 6.04 Å². The minimum atomic E-state index is -0.599. The number of nitrogens with zero attached hydrogens (tertiary/aromatic N) is 1. The van der Waals surface area contributed by atoms with E-state index in [9.17, 15) is 14.0 Å². The Bertz CT molecular complexity index is 830. The van der Waals surface area contributed by atoms with Gasteiger partial charge in [0, 0.05) is 29.4 Å². The molecule has 0 unspecified atom stereocenters. The van der Waals surface area contributed by atoms with E-state index in [1.807, 2.05) is 24.3 Å². The standard InChI is InChI=1S/C24H30ClFN2O2S/c1-3-4-15-27-24(30)18(2)28(17-19-7-11-21(26)12-8-19)23(29)6-5-16-31-22-13-9-20(25)10-14-22/h7-14,18H,3-6,15-17H2,1-2H3,(H,27,30)/t18-/m1/s1. The summed E-state index contributed by atoms with van der Waals surface area (Å²) in [5, 5.41) is 3.60. The van der Waals surface area contributed by atoms with Gasteiger partial charge in [0.25, 0.3) is 0 Å². The second-order valence-electron chi connectivity index (χ2n) is 7.37. The number of thioether (sulfide) groups is 1. The Morgan fingerprint density at radius 3 is 2.42 bits per heavy atom. The smallest absolute Gasteiger partial charge is 0.242 e. The fourth-order valence-corrected chi connectivity index (χ4v) is 3.97. The summed E-state index contributed by atoms with van der Waals surface area (Å²) in [6.45, 7) is 4.66. The molecular weight excluding hydrogens is 435 g/mol. The van der Waals surface area contributed by atoms with Crippen LogP contribution in [0, 0.1) is 5.82 Å². The maximum absolute atomic E-state index is 13.3. The van der Waals surface area contributed by atoms with Crippen LogP contribution < -0.4 is 5.32 Å². The molecule has 7 heteroatoms. The zero-order chi connectivity index (χ0) is 22.6. The fraction of sp³-hybridized carbons (Fsp3) is 0.417. The Morgan fingerprint density at radius 1 is 1.10 bits per heavy atom. The fourth-order valence-electron chi connectivity index (χ4n) is 2.99. The summed E-state index contributed by atoms with van der Waals surface area (Å²) in [5.41, 5.74) is 0.790. The quantitative estimate of drug-likeness (QED) is 0.324. The van der Waals surface area contributed by atoms with Gasteiger partial charge in [0.2, 0.25) is 11.8 Å². The highest BCUT2D eigenvalue weighted by atomic mass is 35.5. The minimum absolute atomic E-state index is 0.0841. The van der Waals surface area contributed by atoms with Gasteiger partial charge in [0.05, 0.1) is 0 Å². The molecule has 2 amide bonds. The van der Waals surface area contributed by atoms with Crippen LogP contribution in [0.15, 0.2) is 53.4 Å². The average Bonchev–Trinajstić information content (AvgIpc) is 2.77. The van der Waals surface area contributed by atoms with Crippen LogP contribution in [0.3, 0.4) is 0 Å². The Hall–Kier alpha value is -2.05. The zero-order valence-corrected chi connectivity index (χ0v) is 19.6. The number of nitrogens with one attached hydrogen (secondary N) is 1. The van der Waals surface area contributed by atoms with E-state index in [-0.39, 0.29) is 24.2 Å². The van der Waals surface area contributed by atoms with Crippen molar-refractivity contribution in [2.75, 3.05) is 12.3 Å². The largest absolute Gasteiger partial charge is 0.354 e. The van der Waals surface area contributed by atoms with Crippen LogP contribution in [0.1, 0.15) is 45.1 Å². The molecule has 4 nitrogen and oxygen atoms in total. The third-order valence-corrected chi connectivity index (χ3v) is 6.23. The third-order valence-electron chi connectivity index (χ3n) is 4.88. The topological polar surface area (TPSA) is 49.4 Å². The Morgan fingerprint density at radius 2 is 1.77 bits per heavy atom. The van der Waals surface area contributed by atoms with Gasteiger partial charge < -0.3 is 10.2 Å². The van der Waals surface area contributed by atoms with Crippen molar-refractivity contribution in [1.82, 2.24) is 10.2 Å². The van der Waals surface area contributed by atoms with Gasteiger partial charge in [-0.15, -0.1) is 11.8 Å². The van der Waals surface area contributed by atoms with Crippen molar-refractivity contribution in [2.24, 2.45) is 0 Å². The molecule has 2 rings (SSSR count). The molecule has 0 aliphatic carbocycles. The van der Waals surface area contributed by atoms with E-state index in [0.717, 1.165) is 29.1 Å². The first-order chi connectivity index (χ1) is 14.9. The monoisotopic (exact) mass is 464 g/mol. The van der Waals surface area contributed by atoms with Crippen LogP contribution in [0.25, 0.3) is 0 Å². The summed E-state index contributed by atoms with van der Waals surface area (Å²) < 4.78 is 13.3. The van der Waals surface area contributed by atoms with Crippen molar-refractivity contribution in [2.45, 2.75) is 57.0 Å². The normalized spacial score (nSPS) is 11.7. The van der Waals surface area contributed by atoms with Crippen LogP contribution in [-0.2, 0) is 16.1 Å². The second-order valence-corrected chi connectivity index (χ2v) is 8.98. The first kappa shape index (κ1) is 25.2. The molecular formula is C24H30ClFN2O2S. The average molecular weight is 465 g/mol. The lowest BCUT2D eigenvalue weighted by Gasteiger charge is -2.29. The highest BCUT2D eigenvalue weighted by Crippen LogP contribution is 2.22. The Balaban J connectivity index is 1.96. The van der Waals surface area contributed by atoms with Gasteiger partial charge in [-0.25, -0.2) is 4.39 Å². The minimum Gasteiger partial charge on any atom is -0.354 e. The molecule has 31 heavy (non-hydrogen) atoms. The van der Waals surface area contributed by atoms with Gasteiger partial charge in [-0.05, 0) is 67.5 Å². The third kappa shape index (κ3) is 8.91. The zero-order valence-electron chi connectivity index (χ0n) is 18.1. The van der Waals surface area contributed by atoms with Gasteiger partial charge in [-0.3, -0.25) is 9.59 Å². The summed E-state index contributed by atoms with van der Waals surface area (Å²) in [4.78, 5) is 28.2. The van der Waals surface area contributed by atoms with E-state index in [2.05, 4.69) is 12.2 Å².